The van der Waals surface area contributed by atoms with Crippen LogP contribution in [0.5, 0.6) is 0 Å². The molecule has 6 nitrogen and oxygen atoms in total. The normalized spacial score (nSPS) is 16.5. The predicted molar refractivity (Wildman–Crippen MR) is 91.5 cm³/mol. The van der Waals surface area contributed by atoms with Gasteiger partial charge in [-0.05, 0) is 12.0 Å². The Hall–Kier alpha value is -1.76. The molecule has 1 atom stereocenters. The first kappa shape index (κ1) is 15.1. The van der Waals surface area contributed by atoms with E-state index >= 15 is 0 Å². The number of hydrogen-bond donors (Lipinski definition) is 1. The van der Waals surface area contributed by atoms with Gasteiger partial charge in [-0.25, -0.2) is 9.97 Å². The lowest BCUT2D eigenvalue weighted by Gasteiger charge is -2.27. The summed E-state index contributed by atoms with van der Waals surface area (Å²) in [7, 11) is 0. The molecule has 22 heavy (non-hydrogen) atoms. The van der Waals surface area contributed by atoms with Gasteiger partial charge in [-0.15, -0.1) is 0 Å². The minimum Gasteiger partial charge on any atom is -0.370 e. The Morgan fingerprint density at radius 2 is 2.18 bits per heavy atom. The van der Waals surface area contributed by atoms with E-state index in [1.54, 1.807) is 6.33 Å². The smallest absolute Gasteiger partial charge is 0.134 e. The van der Waals surface area contributed by atoms with E-state index in [9.17, 15) is 0 Å². The van der Waals surface area contributed by atoms with Crippen molar-refractivity contribution >= 4 is 23.4 Å². The molecule has 2 aromatic heterocycles. The largest absolute Gasteiger partial charge is 0.370 e. The maximum atomic E-state index is 4.40. The maximum absolute atomic E-state index is 4.40. The van der Waals surface area contributed by atoms with Crippen LogP contribution < -0.4 is 10.2 Å². The molecule has 0 unspecified atom stereocenters. The van der Waals surface area contributed by atoms with Crippen LogP contribution in [-0.4, -0.2) is 50.9 Å². The molecule has 2 aromatic rings. The van der Waals surface area contributed by atoms with E-state index in [0.717, 1.165) is 37.8 Å². The average molecular weight is 318 g/mol. The zero-order valence-corrected chi connectivity index (χ0v) is 13.7. The van der Waals surface area contributed by atoms with Crippen LogP contribution >= 0.6 is 11.8 Å². The molecule has 0 aliphatic carbocycles. The first-order valence-electron chi connectivity index (χ1n) is 7.67. The number of nitrogens with one attached hydrogen (secondary N) is 1. The number of rotatable bonds is 6. The van der Waals surface area contributed by atoms with Crippen LogP contribution in [0.3, 0.4) is 0 Å². The fourth-order valence-corrected chi connectivity index (χ4v) is 3.38. The van der Waals surface area contributed by atoms with E-state index in [-0.39, 0.29) is 0 Å². The van der Waals surface area contributed by atoms with Gasteiger partial charge in [0.25, 0.3) is 0 Å². The van der Waals surface area contributed by atoms with Gasteiger partial charge >= 0.3 is 0 Å². The molecular formula is C15H22N6S. The first-order valence-corrected chi connectivity index (χ1v) is 8.83. The summed E-state index contributed by atoms with van der Waals surface area (Å²) >= 11 is 2.00. The summed E-state index contributed by atoms with van der Waals surface area (Å²) in [6.45, 7) is 6.11. The molecule has 1 saturated heterocycles. The Labute approximate surface area is 135 Å². The molecule has 0 amide bonds. The van der Waals surface area contributed by atoms with Crippen molar-refractivity contribution < 1.29 is 0 Å². The van der Waals surface area contributed by atoms with Crippen LogP contribution in [0.2, 0.25) is 0 Å². The van der Waals surface area contributed by atoms with Crippen LogP contribution in [0.15, 0.2) is 30.9 Å². The van der Waals surface area contributed by atoms with Gasteiger partial charge in [0.05, 0.1) is 0 Å². The van der Waals surface area contributed by atoms with E-state index < -0.39 is 0 Å². The van der Waals surface area contributed by atoms with Gasteiger partial charge in [0.1, 0.15) is 18.0 Å². The third-order valence-corrected chi connectivity index (χ3v) is 4.62. The van der Waals surface area contributed by atoms with Gasteiger partial charge in [-0.2, -0.15) is 16.9 Å². The van der Waals surface area contributed by atoms with Gasteiger partial charge in [0.2, 0.25) is 0 Å². The van der Waals surface area contributed by atoms with Crippen molar-refractivity contribution in [3.63, 3.8) is 0 Å². The summed E-state index contributed by atoms with van der Waals surface area (Å²) in [5, 5.41) is 7.65. The summed E-state index contributed by atoms with van der Waals surface area (Å²) < 4.78 is 1.96. The van der Waals surface area contributed by atoms with Crippen molar-refractivity contribution in [1.82, 2.24) is 19.7 Å². The lowest BCUT2D eigenvalue weighted by molar-refractivity contribution is 0.467. The molecule has 1 fully saturated rings. The molecule has 0 radical (unpaired) electrons. The van der Waals surface area contributed by atoms with Crippen LogP contribution in [0.1, 0.15) is 6.92 Å². The van der Waals surface area contributed by atoms with Gasteiger partial charge in [0, 0.05) is 56.1 Å². The van der Waals surface area contributed by atoms with Crippen molar-refractivity contribution in [2.24, 2.45) is 5.92 Å². The minimum absolute atomic E-state index is 0.477. The fourth-order valence-electron chi connectivity index (χ4n) is 2.48. The van der Waals surface area contributed by atoms with Gasteiger partial charge < -0.3 is 10.2 Å². The van der Waals surface area contributed by atoms with Crippen molar-refractivity contribution in [3.05, 3.63) is 30.9 Å². The number of thioether (sulfide) groups is 1. The molecule has 0 aromatic carbocycles. The molecule has 1 N–H and O–H groups in total. The van der Waals surface area contributed by atoms with Gasteiger partial charge in [-0.3, -0.25) is 4.68 Å². The van der Waals surface area contributed by atoms with Crippen molar-refractivity contribution in [2.75, 3.05) is 41.4 Å². The first-order chi connectivity index (χ1) is 10.8. The SMILES string of the molecule is C[C@H](CNc1cc(N2CCSCC2)ncn1)Cn1cccn1. The zero-order chi connectivity index (χ0) is 15.2. The van der Waals surface area contributed by atoms with Crippen molar-refractivity contribution in [2.45, 2.75) is 13.5 Å². The Balaban J connectivity index is 1.53. The Morgan fingerprint density at radius 1 is 1.32 bits per heavy atom. The van der Waals surface area contributed by atoms with Crippen molar-refractivity contribution in [1.29, 1.82) is 0 Å². The maximum Gasteiger partial charge on any atom is 0.134 e. The predicted octanol–water partition coefficient (Wildman–Crippen LogP) is 1.97. The van der Waals surface area contributed by atoms with Crippen LogP contribution in [0, 0.1) is 5.92 Å². The van der Waals surface area contributed by atoms with E-state index in [4.69, 9.17) is 0 Å². The lowest BCUT2D eigenvalue weighted by atomic mass is 10.2. The molecule has 1 aliphatic heterocycles. The minimum atomic E-state index is 0.477. The molecule has 3 heterocycles. The monoisotopic (exact) mass is 318 g/mol. The number of aromatic nitrogens is 4. The summed E-state index contributed by atoms with van der Waals surface area (Å²) in [6, 6.07) is 4.00. The summed E-state index contributed by atoms with van der Waals surface area (Å²) in [4.78, 5) is 11.1. The second-order valence-corrected chi connectivity index (χ2v) is 6.80. The lowest BCUT2D eigenvalue weighted by Crippen LogP contribution is -2.33. The van der Waals surface area contributed by atoms with Crippen LogP contribution in [0.4, 0.5) is 11.6 Å². The Kier molecular flexibility index (Phi) is 5.15. The number of hydrogen-bond acceptors (Lipinski definition) is 6. The second kappa shape index (κ2) is 7.49. The standard InChI is InChI=1S/C15H22N6S/c1-13(11-21-4-2-3-19-21)10-16-14-9-15(18-12-17-14)20-5-7-22-8-6-20/h2-4,9,12-13H,5-8,10-11H2,1H3,(H,16,17,18)/t13-/m1/s1. The highest BCUT2D eigenvalue weighted by atomic mass is 32.2. The summed E-state index contributed by atoms with van der Waals surface area (Å²) in [6.07, 6.45) is 5.46. The highest BCUT2D eigenvalue weighted by molar-refractivity contribution is 7.99. The Morgan fingerprint density at radius 3 is 2.95 bits per heavy atom. The van der Waals surface area contributed by atoms with Crippen molar-refractivity contribution in [3.8, 4) is 0 Å². The van der Waals surface area contributed by atoms with Crippen LogP contribution in [-0.2, 0) is 6.54 Å². The van der Waals surface area contributed by atoms with Gasteiger partial charge in [0.15, 0.2) is 0 Å². The third-order valence-electron chi connectivity index (χ3n) is 3.68. The van der Waals surface area contributed by atoms with E-state index in [0.29, 0.717) is 5.92 Å². The number of anilines is 2. The molecular weight excluding hydrogens is 296 g/mol. The van der Waals surface area contributed by atoms with E-state index in [2.05, 4.69) is 38.3 Å². The zero-order valence-electron chi connectivity index (χ0n) is 12.9. The molecule has 3 rings (SSSR count). The molecule has 0 bridgehead atoms. The Bertz CT molecular complexity index is 567. The summed E-state index contributed by atoms with van der Waals surface area (Å²) in [5.74, 6) is 4.75. The van der Waals surface area contributed by atoms with Gasteiger partial charge in [-0.1, -0.05) is 6.92 Å². The van der Waals surface area contributed by atoms with E-state index in [1.807, 2.05) is 34.9 Å². The molecule has 7 heteroatoms. The topological polar surface area (TPSA) is 58.9 Å². The molecule has 0 saturated carbocycles. The molecule has 118 valence electrons. The number of nitrogens with zero attached hydrogens (tertiary/aromatic N) is 5. The fraction of sp³-hybridized carbons (Fsp3) is 0.533. The highest BCUT2D eigenvalue weighted by Crippen LogP contribution is 2.19. The average Bonchev–Trinajstić information content (AvgIpc) is 3.07. The highest BCUT2D eigenvalue weighted by Gasteiger charge is 2.13. The second-order valence-electron chi connectivity index (χ2n) is 5.58. The molecule has 1 aliphatic rings. The van der Waals surface area contributed by atoms with Crippen LogP contribution in [0.25, 0.3) is 0 Å². The molecule has 0 spiro atoms. The third kappa shape index (κ3) is 4.13. The quantitative estimate of drug-likeness (QED) is 0.879. The summed E-state index contributed by atoms with van der Waals surface area (Å²) in [5.41, 5.74) is 0. The van der Waals surface area contributed by atoms with E-state index in [1.165, 1.54) is 11.5 Å².